The van der Waals surface area contributed by atoms with Gasteiger partial charge in [0.25, 0.3) is 0 Å². The van der Waals surface area contributed by atoms with Gasteiger partial charge in [0.15, 0.2) is 17.0 Å². The summed E-state index contributed by atoms with van der Waals surface area (Å²) in [6, 6.07) is 19.3. The number of nitrogens with zero attached hydrogens (tertiary/aromatic N) is 1. The zero-order valence-electron chi connectivity index (χ0n) is 19.2. The maximum absolute atomic E-state index is 14.1. The Morgan fingerprint density at radius 2 is 1.72 bits per heavy atom. The zero-order valence-corrected chi connectivity index (χ0v) is 19.2. The molecule has 4 atom stereocenters. The summed E-state index contributed by atoms with van der Waals surface area (Å²) in [6.45, 7) is 0.0538. The molecule has 2 amide bonds. The third kappa shape index (κ3) is 3.02. The second-order valence-electron chi connectivity index (χ2n) is 8.93. The van der Waals surface area contributed by atoms with E-state index in [-0.39, 0.29) is 12.5 Å². The maximum Gasteiger partial charge on any atom is 0.331 e. The van der Waals surface area contributed by atoms with Crippen LogP contribution in [-0.2, 0) is 24.7 Å². The molecule has 0 aromatic heterocycles. The number of fused-ring (bicyclic) bond motifs is 2. The molecule has 2 saturated heterocycles. The van der Waals surface area contributed by atoms with Crippen LogP contribution < -0.4 is 19.7 Å². The summed E-state index contributed by atoms with van der Waals surface area (Å²) in [5.74, 6) is -2.61. The molecule has 0 saturated carbocycles. The van der Waals surface area contributed by atoms with Crippen molar-refractivity contribution in [2.24, 2.45) is 11.8 Å². The Morgan fingerprint density at radius 1 is 1.00 bits per heavy atom. The summed E-state index contributed by atoms with van der Waals surface area (Å²) in [6.07, 6.45) is 0. The van der Waals surface area contributed by atoms with Crippen LogP contribution in [0.3, 0.4) is 0 Å². The normalized spacial score (nSPS) is 26.2. The third-order valence-corrected chi connectivity index (χ3v) is 7.16. The summed E-state index contributed by atoms with van der Waals surface area (Å²) in [5.41, 5.74) is -0.110. The Balaban J connectivity index is 1.53. The fourth-order valence-electron chi connectivity index (χ4n) is 5.59. The molecule has 3 aromatic carbocycles. The smallest absolute Gasteiger partial charge is 0.331 e. The lowest BCUT2D eigenvalue weighted by atomic mass is 9.75. The van der Waals surface area contributed by atoms with Crippen molar-refractivity contribution in [1.29, 1.82) is 0 Å². The van der Waals surface area contributed by atoms with E-state index in [1.807, 2.05) is 0 Å². The molecule has 0 aliphatic carbocycles. The minimum atomic E-state index is -1.61. The molecule has 0 radical (unpaired) electrons. The van der Waals surface area contributed by atoms with Gasteiger partial charge < -0.3 is 19.3 Å². The molecule has 36 heavy (non-hydrogen) atoms. The van der Waals surface area contributed by atoms with E-state index < -0.39 is 41.2 Å². The molecule has 0 unspecified atom stereocenters. The molecule has 3 aliphatic heterocycles. The van der Waals surface area contributed by atoms with Crippen LogP contribution in [0.25, 0.3) is 0 Å². The number of esters is 1. The highest BCUT2D eigenvalue weighted by Crippen LogP contribution is 2.54. The molecule has 3 aliphatic rings. The topological polar surface area (TPSA) is 114 Å². The van der Waals surface area contributed by atoms with Gasteiger partial charge in [-0.3, -0.25) is 14.9 Å². The van der Waals surface area contributed by atoms with E-state index in [4.69, 9.17) is 14.2 Å². The summed E-state index contributed by atoms with van der Waals surface area (Å²) in [5, 5.41) is 13.1. The zero-order chi connectivity index (χ0) is 25.0. The minimum absolute atomic E-state index is 0.0538. The van der Waals surface area contributed by atoms with Crippen LogP contribution in [-0.4, -0.2) is 36.8 Å². The lowest BCUT2D eigenvalue weighted by molar-refractivity contribution is -0.152. The van der Waals surface area contributed by atoms with Crippen molar-refractivity contribution in [1.82, 2.24) is 5.32 Å². The van der Waals surface area contributed by atoms with Crippen LogP contribution in [0, 0.1) is 11.8 Å². The second kappa shape index (κ2) is 8.10. The van der Waals surface area contributed by atoms with Gasteiger partial charge >= 0.3 is 5.97 Å². The fraction of sp³-hybridized carbons (Fsp3) is 0.222. The van der Waals surface area contributed by atoms with E-state index >= 15 is 0 Å². The van der Waals surface area contributed by atoms with Gasteiger partial charge in [-0.05, 0) is 35.4 Å². The maximum atomic E-state index is 14.1. The quantitative estimate of drug-likeness (QED) is 0.427. The van der Waals surface area contributed by atoms with Gasteiger partial charge in [-0.15, -0.1) is 0 Å². The number of hydrogen-bond acceptors (Lipinski definition) is 8. The number of hydrogen-bond donors (Lipinski definition) is 2. The lowest BCUT2D eigenvalue weighted by Gasteiger charge is -2.33. The number of methoxy groups -OCH3 is 1. The highest BCUT2D eigenvalue weighted by molar-refractivity contribution is 6.24. The van der Waals surface area contributed by atoms with Gasteiger partial charge in [0, 0.05) is 12.1 Å². The number of carbonyl (C=O) groups is 3. The molecule has 2 N–H and O–H groups in total. The van der Waals surface area contributed by atoms with Crippen molar-refractivity contribution in [3.8, 4) is 17.2 Å². The third-order valence-electron chi connectivity index (χ3n) is 7.16. The number of imide groups is 1. The largest absolute Gasteiger partial charge is 0.508 e. The van der Waals surface area contributed by atoms with Crippen molar-refractivity contribution >= 4 is 23.5 Å². The van der Waals surface area contributed by atoms with Crippen molar-refractivity contribution in [2.45, 2.75) is 11.6 Å². The molecule has 0 spiro atoms. The highest BCUT2D eigenvalue weighted by Gasteiger charge is 2.69. The monoisotopic (exact) mass is 486 g/mol. The van der Waals surface area contributed by atoms with Gasteiger partial charge in [-0.25, -0.2) is 9.69 Å². The Kier molecular flexibility index (Phi) is 4.97. The van der Waals surface area contributed by atoms with Crippen molar-refractivity contribution in [2.75, 3.05) is 18.8 Å². The van der Waals surface area contributed by atoms with E-state index in [0.29, 0.717) is 28.3 Å². The van der Waals surface area contributed by atoms with Crippen molar-refractivity contribution in [3.63, 3.8) is 0 Å². The number of rotatable bonds is 4. The Bertz CT molecular complexity index is 1370. The molecule has 9 nitrogen and oxygen atoms in total. The summed E-state index contributed by atoms with van der Waals surface area (Å²) < 4.78 is 16.0. The molecular formula is C27H22N2O7. The first-order valence-corrected chi connectivity index (χ1v) is 11.4. The van der Waals surface area contributed by atoms with Crippen LogP contribution in [0.15, 0.2) is 72.8 Å². The van der Waals surface area contributed by atoms with Gasteiger partial charge in [0.1, 0.15) is 5.75 Å². The number of carbonyl (C=O) groups excluding carboxylic acids is 3. The number of ether oxygens (including phenoxy) is 3. The summed E-state index contributed by atoms with van der Waals surface area (Å²) in [4.78, 5) is 42.7. The molecule has 3 aromatic rings. The second-order valence-corrected chi connectivity index (χ2v) is 8.93. The predicted molar refractivity (Wildman–Crippen MR) is 126 cm³/mol. The number of nitrogens with one attached hydrogen (secondary N) is 1. The van der Waals surface area contributed by atoms with E-state index in [1.165, 1.54) is 19.2 Å². The van der Waals surface area contributed by atoms with Crippen LogP contribution >= 0.6 is 0 Å². The molecule has 2 fully saturated rings. The summed E-state index contributed by atoms with van der Waals surface area (Å²) >= 11 is 0. The first-order chi connectivity index (χ1) is 17.5. The van der Waals surface area contributed by atoms with Gasteiger partial charge in [0.2, 0.25) is 18.6 Å². The SMILES string of the molecule is COC(=O)[C@]1(c2ccccc2)N[C@H](c2ccc(O)cc2)[C@H]2C(=O)N(c3ccc4c(c3)OCO4)C(=O)[C@H]21. The Labute approximate surface area is 206 Å². The van der Waals surface area contributed by atoms with Crippen LogP contribution in [0.4, 0.5) is 5.69 Å². The molecule has 3 heterocycles. The minimum Gasteiger partial charge on any atom is -0.508 e. The summed E-state index contributed by atoms with van der Waals surface area (Å²) in [7, 11) is 1.26. The number of amides is 2. The molecule has 6 rings (SSSR count). The average molecular weight is 486 g/mol. The molecule has 182 valence electrons. The first kappa shape index (κ1) is 22.1. The van der Waals surface area contributed by atoms with Crippen LogP contribution in [0.5, 0.6) is 17.2 Å². The van der Waals surface area contributed by atoms with Gasteiger partial charge in [0.05, 0.1) is 24.6 Å². The van der Waals surface area contributed by atoms with Crippen molar-refractivity contribution in [3.05, 3.63) is 83.9 Å². The van der Waals surface area contributed by atoms with Gasteiger partial charge in [-0.1, -0.05) is 42.5 Å². The Hall–Kier alpha value is -4.37. The Morgan fingerprint density at radius 3 is 2.44 bits per heavy atom. The van der Waals surface area contributed by atoms with E-state index in [1.54, 1.807) is 60.7 Å². The number of benzene rings is 3. The van der Waals surface area contributed by atoms with Crippen LogP contribution in [0.2, 0.25) is 0 Å². The van der Waals surface area contributed by atoms with E-state index in [2.05, 4.69) is 5.32 Å². The standard InChI is InChI=1S/C27H22N2O7/c1-34-26(33)27(16-5-3-2-4-6-16)22-21(23(28-27)15-7-10-18(30)11-8-15)24(31)29(25(22)32)17-9-12-19-20(13-17)36-14-35-19/h2-13,21-23,28,30H,14H2,1H3/t21-,22-,23+,27+/m0/s1. The lowest BCUT2D eigenvalue weighted by Crippen LogP contribution is -2.53. The number of anilines is 1. The molecule has 0 bridgehead atoms. The van der Waals surface area contributed by atoms with E-state index in [0.717, 1.165) is 4.90 Å². The average Bonchev–Trinajstić information content (AvgIpc) is 3.58. The number of phenols is 1. The van der Waals surface area contributed by atoms with E-state index in [9.17, 15) is 19.5 Å². The van der Waals surface area contributed by atoms with Crippen molar-refractivity contribution < 1.29 is 33.7 Å². The fourth-order valence-corrected chi connectivity index (χ4v) is 5.59. The highest BCUT2D eigenvalue weighted by atomic mass is 16.7. The first-order valence-electron chi connectivity index (χ1n) is 11.4. The predicted octanol–water partition coefficient (Wildman–Crippen LogP) is 2.64. The molecular weight excluding hydrogens is 464 g/mol. The number of aromatic hydroxyl groups is 1. The van der Waals surface area contributed by atoms with Gasteiger partial charge in [-0.2, -0.15) is 0 Å². The number of phenolic OH excluding ortho intramolecular Hbond substituents is 1. The van der Waals surface area contributed by atoms with Crippen LogP contribution in [0.1, 0.15) is 17.2 Å². The molecule has 9 heteroatoms.